The first-order valence-corrected chi connectivity index (χ1v) is 18.0. The summed E-state index contributed by atoms with van der Waals surface area (Å²) in [6.07, 6.45) is 2.99. The second-order valence-corrected chi connectivity index (χ2v) is 15.0. The van der Waals surface area contributed by atoms with Crippen LogP contribution in [0.3, 0.4) is 0 Å². The maximum Gasteiger partial charge on any atom is 0.366 e. The number of ether oxygens (including phenoxy) is 1. The molecule has 0 saturated heterocycles. The summed E-state index contributed by atoms with van der Waals surface area (Å²) in [6, 6.07) is 19.8. The van der Waals surface area contributed by atoms with Gasteiger partial charge in [0.2, 0.25) is 0 Å². The van der Waals surface area contributed by atoms with Gasteiger partial charge in [-0.2, -0.15) is 0 Å². The largest absolute Gasteiger partial charge is 0.477 e. The first-order valence-electron chi connectivity index (χ1n) is 14.1. The summed E-state index contributed by atoms with van der Waals surface area (Å²) in [6.45, 7) is 0. The number of hydrogen-bond donors (Lipinski definition) is 2. The van der Waals surface area contributed by atoms with E-state index in [1.165, 1.54) is 37.1 Å². The molecule has 1 amide bonds. The van der Waals surface area contributed by atoms with Crippen LogP contribution in [0.1, 0.15) is 58.2 Å². The van der Waals surface area contributed by atoms with E-state index in [0.29, 0.717) is 35.1 Å². The van der Waals surface area contributed by atoms with Crippen LogP contribution in [-0.2, 0) is 26.8 Å². The van der Waals surface area contributed by atoms with Crippen molar-refractivity contribution >= 4 is 56.4 Å². The predicted octanol–water partition coefficient (Wildman–Crippen LogP) is 6.98. The number of thioether (sulfide) groups is 1. The third kappa shape index (κ3) is 8.62. The van der Waals surface area contributed by atoms with Gasteiger partial charge in [0.15, 0.2) is 9.84 Å². The van der Waals surface area contributed by atoms with Crippen molar-refractivity contribution in [2.45, 2.75) is 59.8 Å². The van der Waals surface area contributed by atoms with E-state index in [4.69, 9.17) is 21.3 Å². The van der Waals surface area contributed by atoms with Gasteiger partial charge in [-0.25, -0.2) is 18.2 Å². The summed E-state index contributed by atoms with van der Waals surface area (Å²) < 4.78 is 30.7. The molecular weight excluding hydrogens is 640 g/mol. The number of carboxylic acid groups (broad SMARTS) is 1. The molecule has 12 heteroatoms. The second kappa shape index (κ2) is 14.6. The molecule has 0 aliphatic heterocycles. The molecule has 0 bridgehead atoms. The van der Waals surface area contributed by atoms with E-state index in [1.54, 1.807) is 77.7 Å². The van der Waals surface area contributed by atoms with Crippen LogP contribution in [0, 0.1) is 0 Å². The zero-order valence-electron chi connectivity index (χ0n) is 23.6. The van der Waals surface area contributed by atoms with Crippen LogP contribution in [-0.4, -0.2) is 42.4 Å². The van der Waals surface area contributed by atoms with E-state index in [-0.39, 0.29) is 16.4 Å². The minimum Gasteiger partial charge on any atom is -0.477 e. The van der Waals surface area contributed by atoms with Crippen LogP contribution in [0.5, 0.6) is 5.75 Å². The fourth-order valence-electron chi connectivity index (χ4n) is 4.60. The topological polar surface area (TPSA) is 123 Å². The highest BCUT2D eigenvalue weighted by atomic mass is 35.5. The lowest BCUT2D eigenvalue weighted by Crippen LogP contribution is -2.44. The number of amides is 1. The summed E-state index contributed by atoms with van der Waals surface area (Å²) in [5, 5.41) is 15.8. The lowest BCUT2D eigenvalue weighted by molar-refractivity contribution is -0.146. The third-order valence-electron chi connectivity index (χ3n) is 7.27. The molecule has 1 aliphatic carbocycles. The Kier molecular flexibility index (Phi) is 10.6. The van der Waals surface area contributed by atoms with Crippen LogP contribution < -0.4 is 10.1 Å². The zero-order valence-corrected chi connectivity index (χ0v) is 26.9. The molecular formula is C32H31ClN2O6S3. The van der Waals surface area contributed by atoms with Gasteiger partial charge in [-0.1, -0.05) is 36.2 Å². The van der Waals surface area contributed by atoms with Crippen molar-refractivity contribution in [3.8, 4) is 5.75 Å². The van der Waals surface area contributed by atoms with Gasteiger partial charge < -0.3 is 15.2 Å². The number of hydrogen-bond acceptors (Lipinski definition) is 8. The highest BCUT2D eigenvalue weighted by Crippen LogP contribution is 2.37. The molecule has 44 heavy (non-hydrogen) atoms. The van der Waals surface area contributed by atoms with Crippen molar-refractivity contribution in [2.75, 3.05) is 5.75 Å². The lowest BCUT2D eigenvalue weighted by atomic mass is 9.83. The van der Waals surface area contributed by atoms with Gasteiger partial charge in [-0.05, 0) is 85.8 Å². The lowest BCUT2D eigenvalue weighted by Gasteiger charge is -2.22. The van der Waals surface area contributed by atoms with Crippen LogP contribution in [0.2, 0.25) is 5.02 Å². The van der Waals surface area contributed by atoms with Crippen molar-refractivity contribution < 1.29 is 27.9 Å². The summed E-state index contributed by atoms with van der Waals surface area (Å²) in [4.78, 5) is 30.7. The first-order chi connectivity index (χ1) is 21.2. The number of benzene rings is 3. The number of aryl methyl sites for hydroxylation is 1. The maximum absolute atomic E-state index is 12.9. The van der Waals surface area contributed by atoms with Crippen molar-refractivity contribution in [1.29, 1.82) is 0 Å². The van der Waals surface area contributed by atoms with Gasteiger partial charge in [-0.3, -0.25) is 4.79 Å². The first kappa shape index (κ1) is 32.0. The molecule has 3 aromatic carbocycles. The van der Waals surface area contributed by atoms with E-state index in [1.807, 2.05) is 6.07 Å². The van der Waals surface area contributed by atoms with Crippen LogP contribution >= 0.6 is 34.7 Å². The number of rotatable bonds is 14. The molecule has 1 unspecified atom stereocenters. The van der Waals surface area contributed by atoms with Crippen LogP contribution in [0.4, 0.5) is 0 Å². The number of carbonyl (C=O) groups excluding carboxylic acids is 1. The summed E-state index contributed by atoms with van der Waals surface area (Å²) in [7, 11) is -3.43. The number of halogens is 1. The minimum atomic E-state index is -3.43. The number of sulfone groups is 1. The van der Waals surface area contributed by atoms with Gasteiger partial charge in [0.1, 0.15) is 10.8 Å². The number of nitrogens with zero attached hydrogens (tertiary/aromatic N) is 1. The highest BCUT2D eigenvalue weighted by molar-refractivity contribution is 7.98. The van der Waals surface area contributed by atoms with Gasteiger partial charge in [0.25, 0.3) is 12.1 Å². The fraction of sp³-hybridized carbons (Fsp3) is 0.281. The van der Waals surface area contributed by atoms with E-state index < -0.39 is 27.9 Å². The van der Waals surface area contributed by atoms with E-state index in [2.05, 4.69) is 10.7 Å². The van der Waals surface area contributed by atoms with Crippen molar-refractivity contribution in [3.05, 3.63) is 105 Å². The fourth-order valence-corrected chi connectivity index (χ4v) is 7.88. The second-order valence-electron chi connectivity index (χ2n) is 10.4. The van der Waals surface area contributed by atoms with E-state index in [9.17, 15) is 23.1 Å². The van der Waals surface area contributed by atoms with Crippen molar-refractivity contribution in [3.63, 3.8) is 0 Å². The minimum absolute atomic E-state index is 0.0218. The Morgan fingerprint density at radius 2 is 1.84 bits per heavy atom. The Morgan fingerprint density at radius 1 is 1.09 bits per heavy atom. The molecule has 0 radical (unpaired) electrons. The van der Waals surface area contributed by atoms with Crippen molar-refractivity contribution in [1.82, 2.24) is 10.3 Å². The zero-order chi connectivity index (χ0) is 31.1. The monoisotopic (exact) mass is 670 g/mol. The Morgan fingerprint density at radius 3 is 2.52 bits per heavy atom. The maximum atomic E-state index is 12.9. The summed E-state index contributed by atoms with van der Waals surface area (Å²) in [5.74, 6) is -0.393. The normalized spacial score (nSPS) is 14.0. The standard InChI is InChI=1S/C32H31ClN2O6S3/c33-24-11-15-27(16-12-24)44(39,40)17-3-4-21-9-13-25(14-10-21)41-31(32(37)38)35-30(36)23-7-2-8-26(18-23)42-20-29-34-28(19-43-29)22-5-1-6-22/h2,7-16,18-19,22,31H,1,3-6,17,20H2,(H,35,36)(H,37,38). The third-order valence-corrected chi connectivity index (χ3v) is 11.4. The van der Waals surface area contributed by atoms with Crippen molar-refractivity contribution in [2.24, 2.45) is 0 Å². The number of carboxylic acids is 1. The number of nitrogens with one attached hydrogen (secondary N) is 1. The van der Waals surface area contributed by atoms with Gasteiger partial charge in [0, 0.05) is 26.8 Å². The predicted molar refractivity (Wildman–Crippen MR) is 172 cm³/mol. The molecule has 4 aromatic rings. The molecule has 8 nitrogen and oxygen atoms in total. The van der Waals surface area contributed by atoms with E-state index >= 15 is 0 Å². The molecule has 1 aliphatic rings. The van der Waals surface area contributed by atoms with Crippen LogP contribution in [0.15, 0.2) is 88.0 Å². The number of aliphatic carboxylic acids is 1. The number of carbonyl (C=O) groups is 2. The molecule has 1 saturated carbocycles. The molecule has 5 rings (SSSR count). The molecule has 2 N–H and O–H groups in total. The Labute approximate surface area is 269 Å². The molecule has 1 atom stereocenters. The molecule has 230 valence electrons. The quantitative estimate of drug-likeness (QED) is 0.109. The van der Waals surface area contributed by atoms with Gasteiger partial charge >= 0.3 is 5.97 Å². The number of thiazole rings is 1. The average Bonchev–Trinajstić information content (AvgIpc) is 3.44. The van der Waals surface area contributed by atoms with Crippen LogP contribution in [0.25, 0.3) is 0 Å². The Hall–Kier alpha value is -3.38. The smallest absolute Gasteiger partial charge is 0.366 e. The Bertz CT molecular complexity index is 1700. The SMILES string of the molecule is O=C(NC(Oc1ccc(CCCS(=O)(=O)c2ccc(Cl)cc2)cc1)C(=O)O)c1cccc(SCc2nc(C3CCC3)cs2)c1. The van der Waals surface area contributed by atoms with E-state index in [0.717, 1.165) is 15.5 Å². The highest BCUT2D eigenvalue weighted by Gasteiger charge is 2.24. The summed E-state index contributed by atoms with van der Waals surface area (Å²) >= 11 is 9.07. The van der Waals surface area contributed by atoms with Gasteiger partial charge in [-0.15, -0.1) is 23.1 Å². The molecule has 1 heterocycles. The molecule has 0 spiro atoms. The average molecular weight is 671 g/mol. The molecule has 1 fully saturated rings. The summed E-state index contributed by atoms with van der Waals surface area (Å²) in [5.41, 5.74) is 2.37. The Balaban J connectivity index is 1.12. The number of aromatic nitrogens is 1. The molecule has 1 aromatic heterocycles. The van der Waals surface area contributed by atoms with Gasteiger partial charge in [0.05, 0.1) is 22.1 Å².